The first-order valence-corrected chi connectivity index (χ1v) is 7.69. The molecule has 0 aliphatic rings. The average molecular weight is 287 g/mol. The molecule has 0 aromatic carbocycles. The molecule has 4 N–H and O–H groups in total. The fourth-order valence-corrected chi connectivity index (χ4v) is 2.08. The lowest BCUT2D eigenvalue weighted by Gasteiger charge is -2.27. The Balaban J connectivity index is 4.36. The van der Waals surface area contributed by atoms with Crippen LogP contribution >= 0.6 is 0 Å². The number of rotatable bonds is 11. The molecule has 0 heterocycles. The Bertz CT molecular complexity index is 307. The van der Waals surface area contributed by atoms with Gasteiger partial charge in [0.05, 0.1) is 12.0 Å². The first-order valence-electron chi connectivity index (χ1n) is 7.69. The van der Waals surface area contributed by atoms with Crippen molar-refractivity contribution in [1.29, 1.82) is 0 Å². The Morgan fingerprint density at radius 2 is 1.95 bits per heavy atom. The Morgan fingerprint density at radius 3 is 2.40 bits per heavy atom. The highest BCUT2D eigenvalue weighted by Gasteiger charge is 2.33. The number of carbonyl (C=O) groups excluding carboxylic acids is 2. The first-order chi connectivity index (χ1) is 9.41. The van der Waals surface area contributed by atoms with Gasteiger partial charge in [-0.25, -0.2) is 0 Å². The predicted octanol–water partition coefficient (Wildman–Crippen LogP) is 0.821. The zero-order valence-electron chi connectivity index (χ0n) is 13.4. The minimum atomic E-state index is -0.519. The predicted molar refractivity (Wildman–Crippen MR) is 78.9 cm³/mol. The molecule has 0 spiro atoms. The number of carbonyl (C=O) groups is 2. The molecule has 0 aliphatic carbocycles. The van der Waals surface area contributed by atoms with Crippen LogP contribution in [0.5, 0.6) is 0 Å². The van der Waals surface area contributed by atoms with Gasteiger partial charge < -0.3 is 15.8 Å². The van der Waals surface area contributed by atoms with E-state index in [1.807, 2.05) is 20.8 Å². The summed E-state index contributed by atoms with van der Waals surface area (Å²) in [4.78, 5) is 23.4. The number of hydrogen-bond donors (Lipinski definition) is 2. The Kier molecular flexibility index (Phi) is 9.21. The average Bonchev–Trinajstić information content (AvgIpc) is 2.43. The Hall–Kier alpha value is -1.10. The standard InChI is InChI=1S/C15H30N2O3/c1-5-12(13(16)18)8-9-15(4,6-2)14(19)20-11-10-17-7-3/h12,17H,5-11H2,1-4H3,(H2,16,18)/p+1. The summed E-state index contributed by atoms with van der Waals surface area (Å²) >= 11 is 0. The zero-order valence-corrected chi connectivity index (χ0v) is 13.4. The highest BCUT2D eigenvalue weighted by atomic mass is 16.5. The number of primary amides is 1. The molecule has 0 radical (unpaired) electrons. The van der Waals surface area contributed by atoms with Gasteiger partial charge in [-0.1, -0.05) is 13.8 Å². The lowest BCUT2D eigenvalue weighted by molar-refractivity contribution is -0.652. The summed E-state index contributed by atoms with van der Waals surface area (Å²) in [5.41, 5.74) is 4.83. The van der Waals surface area contributed by atoms with Crippen molar-refractivity contribution in [2.45, 2.75) is 53.4 Å². The van der Waals surface area contributed by atoms with Crippen molar-refractivity contribution in [1.82, 2.24) is 0 Å². The molecule has 0 bridgehead atoms. The fourth-order valence-electron chi connectivity index (χ4n) is 2.08. The summed E-state index contributed by atoms with van der Waals surface area (Å²) in [5.74, 6) is -0.595. The van der Waals surface area contributed by atoms with Crippen LogP contribution in [0.1, 0.15) is 53.4 Å². The van der Waals surface area contributed by atoms with E-state index in [-0.39, 0.29) is 17.8 Å². The van der Waals surface area contributed by atoms with E-state index < -0.39 is 5.41 Å². The quantitative estimate of drug-likeness (QED) is 0.436. The van der Waals surface area contributed by atoms with Crippen molar-refractivity contribution in [2.75, 3.05) is 19.7 Å². The lowest BCUT2D eigenvalue weighted by atomic mass is 9.80. The van der Waals surface area contributed by atoms with Crippen LogP contribution in [0.2, 0.25) is 0 Å². The third-order valence-electron chi connectivity index (χ3n) is 4.06. The second-order valence-electron chi connectivity index (χ2n) is 5.58. The third kappa shape index (κ3) is 6.37. The molecule has 1 amide bonds. The Labute approximate surface area is 122 Å². The molecule has 0 fully saturated rings. The van der Waals surface area contributed by atoms with Gasteiger partial charge in [-0.15, -0.1) is 0 Å². The molecule has 5 heteroatoms. The van der Waals surface area contributed by atoms with Gasteiger partial charge in [0.15, 0.2) is 0 Å². The first kappa shape index (κ1) is 18.9. The number of quaternary nitrogens is 1. The van der Waals surface area contributed by atoms with Gasteiger partial charge in [0.2, 0.25) is 5.91 Å². The maximum atomic E-state index is 12.2. The fraction of sp³-hybridized carbons (Fsp3) is 0.867. The number of ether oxygens (including phenoxy) is 1. The van der Waals surface area contributed by atoms with Crippen molar-refractivity contribution in [3.8, 4) is 0 Å². The van der Waals surface area contributed by atoms with Crippen LogP contribution in [0.25, 0.3) is 0 Å². The molecule has 0 aliphatic heterocycles. The number of esters is 1. The van der Waals surface area contributed by atoms with Crippen LogP contribution in [0, 0.1) is 11.3 Å². The topological polar surface area (TPSA) is 86.0 Å². The van der Waals surface area contributed by atoms with Crippen molar-refractivity contribution in [2.24, 2.45) is 17.1 Å². The van der Waals surface area contributed by atoms with Crippen molar-refractivity contribution in [3.63, 3.8) is 0 Å². The minimum absolute atomic E-state index is 0.151. The molecule has 0 aromatic rings. The zero-order chi connectivity index (χ0) is 15.6. The van der Waals surface area contributed by atoms with Gasteiger partial charge in [-0.05, 0) is 39.5 Å². The number of amides is 1. The maximum absolute atomic E-state index is 12.2. The van der Waals surface area contributed by atoms with E-state index in [4.69, 9.17) is 10.5 Å². The summed E-state index contributed by atoms with van der Waals surface area (Å²) in [7, 11) is 0. The van der Waals surface area contributed by atoms with Crippen molar-refractivity contribution >= 4 is 11.9 Å². The van der Waals surface area contributed by atoms with E-state index >= 15 is 0 Å². The summed E-state index contributed by atoms with van der Waals surface area (Å²) in [6.07, 6.45) is 2.71. The molecular weight excluding hydrogens is 256 g/mol. The van der Waals surface area contributed by atoms with E-state index in [1.54, 1.807) is 0 Å². The minimum Gasteiger partial charge on any atom is -0.459 e. The van der Waals surface area contributed by atoms with Crippen LogP contribution in [0.4, 0.5) is 0 Å². The van der Waals surface area contributed by atoms with Gasteiger partial charge >= 0.3 is 5.97 Å². The summed E-state index contributed by atoms with van der Waals surface area (Å²) < 4.78 is 5.34. The molecule has 20 heavy (non-hydrogen) atoms. The number of nitrogens with two attached hydrogens (primary N) is 2. The summed E-state index contributed by atoms with van der Waals surface area (Å²) in [6.45, 7) is 10.1. The van der Waals surface area contributed by atoms with Crippen LogP contribution in [-0.2, 0) is 14.3 Å². The molecule has 2 unspecified atom stereocenters. The normalized spacial score (nSPS) is 15.4. The number of hydrogen-bond acceptors (Lipinski definition) is 3. The van der Waals surface area contributed by atoms with Gasteiger partial charge in [0, 0.05) is 5.92 Å². The van der Waals surface area contributed by atoms with E-state index in [2.05, 4.69) is 12.2 Å². The molecule has 0 aromatic heterocycles. The molecular formula is C15H31N2O3+. The van der Waals surface area contributed by atoms with Crippen LogP contribution < -0.4 is 11.1 Å². The van der Waals surface area contributed by atoms with E-state index in [0.29, 0.717) is 25.9 Å². The second-order valence-corrected chi connectivity index (χ2v) is 5.58. The van der Waals surface area contributed by atoms with Crippen LogP contribution in [0.3, 0.4) is 0 Å². The molecule has 0 rings (SSSR count). The molecule has 2 atom stereocenters. The van der Waals surface area contributed by atoms with Gasteiger partial charge in [-0.3, -0.25) is 9.59 Å². The van der Waals surface area contributed by atoms with Gasteiger partial charge in [0.25, 0.3) is 0 Å². The third-order valence-corrected chi connectivity index (χ3v) is 4.06. The monoisotopic (exact) mass is 287 g/mol. The van der Waals surface area contributed by atoms with E-state index in [0.717, 1.165) is 19.5 Å². The van der Waals surface area contributed by atoms with Crippen molar-refractivity contribution in [3.05, 3.63) is 0 Å². The van der Waals surface area contributed by atoms with Crippen LogP contribution in [-0.4, -0.2) is 31.6 Å². The highest BCUT2D eigenvalue weighted by Crippen LogP contribution is 2.31. The summed E-state index contributed by atoms with van der Waals surface area (Å²) in [5, 5.41) is 2.09. The molecule has 118 valence electrons. The Morgan fingerprint density at radius 1 is 1.30 bits per heavy atom. The van der Waals surface area contributed by atoms with Gasteiger partial charge in [-0.2, -0.15) is 0 Å². The SMILES string of the molecule is CC[NH2+]CCOC(=O)C(C)(CC)CCC(CC)C(N)=O. The lowest BCUT2D eigenvalue weighted by Crippen LogP contribution is -2.84. The summed E-state index contributed by atoms with van der Waals surface area (Å²) in [6, 6.07) is 0. The second kappa shape index (κ2) is 9.75. The molecule has 5 nitrogen and oxygen atoms in total. The number of likely N-dealkylation sites (N-methyl/N-ethyl adjacent to an activating group) is 1. The highest BCUT2D eigenvalue weighted by molar-refractivity contribution is 5.78. The van der Waals surface area contributed by atoms with Gasteiger partial charge in [0.1, 0.15) is 13.2 Å². The van der Waals surface area contributed by atoms with E-state index in [1.165, 1.54) is 0 Å². The smallest absolute Gasteiger partial charge is 0.311 e. The molecule has 0 saturated heterocycles. The van der Waals surface area contributed by atoms with E-state index in [9.17, 15) is 9.59 Å². The van der Waals surface area contributed by atoms with Crippen LogP contribution in [0.15, 0.2) is 0 Å². The largest absolute Gasteiger partial charge is 0.459 e. The maximum Gasteiger partial charge on any atom is 0.311 e. The van der Waals surface area contributed by atoms with Crippen molar-refractivity contribution < 1.29 is 19.6 Å². The molecule has 0 saturated carbocycles.